The third-order valence-electron chi connectivity index (χ3n) is 4.53. The largest absolute Gasteiger partial charge is 0.493 e. The van der Waals surface area contributed by atoms with Gasteiger partial charge in [-0.3, -0.25) is 4.79 Å². The van der Waals surface area contributed by atoms with Crippen molar-refractivity contribution in [3.05, 3.63) is 17.7 Å². The number of piperidine rings is 1. The summed E-state index contributed by atoms with van der Waals surface area (Å²) in [5, 5.41) is 2.99. The van der Waals surface area contributed by atoms with Crippen molar-refractivity contribution in [1.29, 1.82) is 0 Å². The third kappa shape index (κ3) is 4.77. The van der Waals surface area contributed by atoms with Crippen molar-refractivity contribution in [2.24, 2.45) is 5.92 Å². The van der Waals surface area contributed by atoms with Gasteiger partial charge in [0.2, 0.25) is 11.7 Å². The molecule has 6 nitrogen and oxygen atoms in total. The number of hydrogen-bond donors (Lipinski definition) is 1. The lowest BCUT2D eigenvalue weighted by Crippen LogP contribution is -2.33. The average Bonchev–Trinajstić information content (AvgIpc) is 2.60. The van der Waals surface area contributed by atoms with Crippen LogP contribution in [-0.2, 0) is 11.3 Å². The van der Waals surface area contributed by atoms with Gasteiger partial charge in [-0.25, -0.2) is 0 Å². The van der Waals surface area contributed by atoms with E-state index in [4.69, 9.17) is 14.2 Å². The first-order chi connectivity index (χ1) is 11.6. The minimum absolute atomic E-state index is 0.0957. The van der Waals surface area contributed by atoms with E-state index >= 15 is 0 Å². The highest BCUT2D eigenvalue weighted by Gasteiger charge is 2.19. The molecule has 0 saturated carbocycles. The van der Waals surface area contributed by atoms with Gasteiger partial charge in [-0.15, -0.1) is 0 Å². The second-order valence-electron chi connectivity index (χ2n) is 6.26. The number of rotatable bonds is 7. The van der Waals surface area contributed by atoms with E-state index in [0.717, 1.165) is 31.5 Å². The van der Waals surface area contributed by atoms with E-state index < -0.39 is 0 Å². The van der Waals surface area contributed by atoms with E-state index in [-0.39, 0.29) is 5.91 Å². The molecule has 0 bridgehead atoms. The molecule has 0 radical (unpaired) electrons. The average molecular weight is 336 g/mol. The Hall–Kier alpha value is -1.95. The molecule has 1 aliphatic rings. The molecule has 0 atom stereocenters. The lowest BCUT2D eigenvalue weighted by atomic mass is 9.93. The van der Waals surface area contributed by atoms with Gasteiger partial charge in [0.1, 0.15) is 0 Å². The summed E-state index contributed by atoms with van der Waals surface area (Å²) in [5.74, 6) is 2.33. The Balaban J connectivity index is 1.92. The predicted octanol–water partition coefficient (Wildman–Crippen LogP) is 2.06. The normalized spacial score (nSPS) is 15.8. The quantitative estimate of drug-likeness (QED) is 0.826. The van der Waals surface area contributed by atoms with Crippen LogP contribution in [-0.4, -0.2) is 52.3 Å². The summed E-state index contributed by atoms with van der Waals surface area (Å²) >= 11 is 0. The van der Waals surface area contributed by atoms with Gasteiger partial charge in [-0.05, 0) is 56.6 Å². The van der Waals surface area contributed by atoms with Crippen molar-refractivity contribution in [2.75, 3.05) is 41.5 Å². The first kappa shape index (κ1) is 18.4. The molecule has 0 aliphatic carbocycles. The molecule has 6 heteroatoms. The fraction of sp³-hybridized carbons (Fsp3) is 0.611. The van der Waals surface area contributed by atoms with Crippen LogP contribution in [0.15, 0.2) is 12.1 Å². The summed E-state index contributed by atoms with van der Waals surface area (Å²) in [5.41, 5.74) is 0.918. The number of carbonyl (C=O) groups excluding carboxylic acids is 1. The van der Waals surface area contributed by atoms with E-state index in [2.05, 4.69) is 17.3 Å². The molecule has 1 aliphatic heterocycles. The van der Waals surface area contributed by atoms with E-state index in [1.54, 1.807) is 21.3 Å². The standard InChI is InChI=1S/C18H28N2O4/c1-20-7-5-13(6-8-20)11-17(21)19-12-14-9-15(22-2)18(24-4)16(10-14)23-3/h9-10,13H,5-8,11-12H2,1-4H3,(H,19,21). The van der Waals surface area contributed by atoms with Gasteiger partial charge in [0.15, 0.2) is 11.5 Å². The number of carbonyl (C=O) groups is 1. The van der Waals surface area contributed by atoms with Gasteiger partial charge in [-0.1, -0.05) is 0 Å². The Bertz CT molecular complexity index is 529. The van der Waals surface area contributed by atoms with Crippen LogP contribution >= 0.6 is 0 Å². The molecule has 1 saturated heterocycles. The Morgan fingerprint density at radius 2 is 1.71 bits per heavy atom. The summed E-state index contributed by atoms with van der Waals surface area (Å²) in [6.07, 6.45) is 2.78. The zero-order valence-electron chi connectivity index (χ0n) is 15.1. The fourth-order valence-corrected chi connectivity index (χ4v) is 3.04. The third-order valence-corrected chi connectivity index (χ3v) is 4.53. The maximum absolute atomic E-state index is 12.2. The summed E-state index contributed by atoms with van der Waals surface area (Å²) in [6, 6.07) is 3.72. The first-order valence-electron chi connectivity index (χ1n) is 8.31. The van der Waals surface area contributed by atoms with Gasteiger partial charge in [0.25, 0.3) is 0 Å². The Morgan fingerprint density at radius 1 is 1.12 bits per heavy atom. The Kier molecular flexibility index (Phi) is 6.73. The molecular formula is C18H28N2O4. The van der Waals surface area contributed by atoms with E-state index in [1.165, 1.54) is 0 Å². The molecule has 1 aromatic carbocycles. The van der Waals surface area contributed by atoms with Crippen molar-refractivity contribution in [3.8, 4) is 17.2 Å². The van der Waals surface area contributed by atoms with Crippen LogP contribution in [0.25, 0.3) is 0 Å². The number of nitrogens with one attached hydrogen (secondary N) is 1. The Morgan fingerprint density at radius 3 is 2.21 bits per heavy atom. The molecular weight excluding hydrogens is 308 g/mol. The van der Waals surface area contributed by atoms with E-state index in [9.17, 15) is 4.79 Å². The molecule has 2 rings (SSSR count). The van der Waals surface area contributed by atoms with E-state index in [1.807, 2.05) is 12.1 Å². The molecule has 1 heterocycles. The number of benzene rings is 1. The lowest BCUT2D eigenvalue weighted by Gasteiger charge is -2.28. The number of methoxy groups -OCH3 is 3. The van der Waals surface area contributed by atoms with Crippen LogP contribution < -0.4 is 19.5 Å². The van der Waals surface area contributed by atoms with E-state index in [0.29, 0.717) is 36.1 Å². The molecule has 0 aromatic heterocycles. The predicted molar refractivity (Wildman–Crippen MR) is 92.8 cm³/mol. The maximum Gasteiger partial charge on any atom is 0.220 e. The monoisotopic (exact) mass is 336 g/mol. The van der Waals surface area contributed by atoms with Crippen molar-refractivity contribution < 1.29 is 19.0 Å². The fourth-order valence-electron chi connectivity index (χ4n) is 3.04. The van der Waals surface area contributed by atoms with Gasteiger partial charge >= 0.3 is 0 Å². The molecule has 1 fully saturated rings. The first-order valence-corrected chi connectivity index (χ1v) is 8.31. The topological polar surface area (TPSA) is 60.0 Å². The number of amides is 1. The number of ether oxygens (including phenoxy) is 3. The summed E-state index contributed by atoms with van der Waals surface area (Å²) in [4.78, 5) is 14.5. The zero-order chi connectivity index (χ0) is 17.5. The SMILES string of the molecule is COc1cc(CNC(=O)CC2CCN(C)CC2)cc(OC)c1OC. The van der Waals surface area contributed by atoms with Gasteiger partial charge in [-0.2, -0.15) is 0 Å². The highest BCUT2D eigenvalue weighted by atomic mass is 16.5. The van der Waals surface area contributed by atoms with Crippen molar-refractivity contribution in [1.82, 2.24) is 10.2 Å². The van der Waals surface area contributed by atoms with Crippen LogP contribution in [0.5, 0.6) is 17.2 Å². The molecule has 134 valence electrons. The van der Waals surface area contributed by atoms with Gasteiger partial charge in [0, 0.05) is 13.0 Å². The highest BCUT2D eigenvalue weighted by molar-refractivity contribution is 5.76. The summed E-state index contributed by atoms with van der Waals surface area (Å²) in [6.45, 7) is 2.60. The number of likely N-dealkylation sites (tertiary alicyclic amines) is 1. The molecule has 24 heavy (non-hydrogen) atoms. The second-order valence-corrected chi connectivity index (χ2v) is 6.26. The van der Waals surface area contributed by atoms with Crippen LogP contribution in [0.3, 0.4) is 0 Å². The Labute approximate surface area is 144 Å². The molecule has 0 unspecified atom stereocenters. The van der Waals surface area contributed by atoms with Gasteiger partial charge < -0.3 is 24.4 Å². The number of hydrogen-bond acceptors (Lipinski definition) is 5. The van der Waals surface area contributed by atoms with Crippen LogP contribution in [0.1, 0.15) is 24.8 Å². The molecule has 1 aromatic rings. The summed E-state index contributed by atoms with van der Waals surface area (Å²) < 4.78 is 16.0. The lowest BCUT2D eigenvalue weighted by molar-refractivity contribution is -0.122. The zero-order valence-corrected chi connectivity index (χ0v) is 15.1. The minimum Gasteiger partial charge on any atom is -0.493 e. The van der Waals surface area contributed by atoms with Crippen molar-refractivity contribution in [2.45, 2.75) is 25.8 Å². The van der Waals surface area contributed by atoms with Crippen LogP contribution in [0.2, 0.25) is 0 Å². The van der Waals surface area contributed by atoms with Gasteiger partial charge in [0.05, 0.1) is 21.3 Å². The molecule has 0 spiro atoms. The van der Waals surface area contributed by atoms with Crippen LogP contribution in [0.4, 0.5) is 0 Å². The smallest absolute Gasteiger partial charge is 0.220 e. The molecule has 1 N–H and O–H groups in total. The highest BCUT2D eigenvalue weighted by Crippen LogP contribution is 2.38. The van der Waals surface area contributed by atoms with Crippen LogP contribution in [0, 0.1) is 5.92 Å². The minimum atomic E-state index is 0.0957. The second kappa shape index (κ2) is 8.78. The van der Waals surface area contributed by atoms with Crippen molar-refractivity contribution in [3.63, 3.8) is 0 Å². The maximum atomic E-state index is 12.2. The van der Waals surface area contributed by atoms with Crippen molar-refractivity contribution >= 4 is 5.91 Å². The number of nitrogens with zero attached hydrogens (tertiary/aromatic N) is 1. The summed E-state index contributed by atoms with van der Waals surface area (Å²) in [7, 11) is 6.86. The molecule has 1 amide bonds.